The lowest BCUT2D eigenvalue weighted by Gasteiger charge is -2.23. The van der Waals surface area contributed by atoms with E-state index in [2.05, 4.69) is 56.9 Å². The molecule has 0 N–H and O–H groups in total. The fourth-order valence-corrected chi connectivity index (χ4v) is 4.41. The summed E-state index contributed by atoms with van der Waals surface area (Å²) in [4.78, 5) is 0. The summed E-state index contributed by atoms with van der Waals surface area (Å²) in [6.45, 7) is 9.36. The van der Waals surface area contributed by atoms with Gasteiger partial charge in [-0.05, 0) is 36.9 Å². The third-order valence-corrected chi connectivity index (χ3v) is 5.87. The van der Waals surface area contributed by atoms with E-state index in [1.807, 2.05) is 7.11 Å². The first-order valence-electron chi connectivity index (χ1n) is 7.44. The van der Waals surface area contributed by atoms with E-state index in [0.29, 0.717) is 0 Å². The standard InChI is InChI=1S/C18H26OSi/c1-14-12-16(11-10-15-8-6-7-9-15)18(19-2)17(13-14)20(3,4)5/h6-8,12-13H,9-11H2,1-5H3. The summed E-state index contributed by atoms with van der Waals surface area (Å²) in [7, 11) is 0.440. The fourth-order valence-electron chi connectivity index (χ4n) is 2.80. The second-order valence-corrected chi connectivity index (χ2v) is 11.8. The van der Waals surface area contributed by atoms with Crippen LogP contribution >= 0.6 is 0 Å². The molecule has 0 saturated carbocycles. The molecule has 1 aromatic carbocycles. The van der Waals surface area contributed by atoms with Crippen molar-refractivity contribution in [3.05, 3.63) is 47.1 Å². The third kappa shape index (κ3) is 3.43. The molecule has 1 aliphatic rings. The van der Waals surface area contributed by atoms with Gasteiger partial charge in [0.15, 0.2) is 0 Å². The molecule has 0 atom stereocenters. The van der Waals surface area contributed by atoms with Crippen molar-refractivity contribution in [3.63, 3.8) is 0 Å². The quantitative estimate of drug-likeness (QED) is 0.730. The molecule has 20 heavy (non-hydrogen) atoms. The van der Waals surface area contributed by atoms with Gasteiger partial charge in [0, 0.05) is 0 Å². The minimum Gasteiger partial charge on any atom is -0.497 e. The summed E-state index contributed by atoms with van der Waals surface area (Å²) in [6.07, 6.45) is 9.98. The number of allylic oxidation sites excluding steroid dienone is 4. The number of hydrogen-bond donors (Lipinski definition) is 0. The highest BCUT2D eigenvalue weighted by Crippen LogP contribution is 2.25. The zero-order chi connectivity index (χ0) is 14.8. The van der Waals surface area contributed by atoms with Gasteiger partial charge in [-0.3, -0.25) is 0 Å². The number of aryl methyl sites for hydroxylation is 2. The molecule has 0 radical (unpaired) electrons. The van der Waals surface area contributed by atoms with E-state index in [0.717, 1.165) is 25.0 Å². The lowest BCUT2D eigenvalue weighted by Crippen LogP contribution is -2.39. The van der Waals surface area contributed by atoms with Gasteiger partial charge in [0.05, 0.1) is 15.2 Å². The van der Waals surface area contributed by atoms with Crippen LogP contribution in [0.2, 0.25) is 19.6 Å². The first-order chi connectivity index (χ1) is 9.41. The van der Waals surface area contributed by atoms with Crippen molar-refractivity contribution in [2.24, 2.45) is 0 Å². The topological polar surface area (TPSA) is 9.23 Å². The Morgan fingerprint density at radius 3 is 2.45 bits per heavy atom. The van der Waals surface area contributed by atoms with Crippen LogP contribution in [0.4, 0.5) is 0 Å². The molecule has 0 bridgehead atoms. The maximum absolute atomic E-state index is 5.77. The summed E-state index contributed by atoms with van der Waals surface area (Å²) in [6, 6.07) is 4.62. The second kappa shape index (κ2) is 6.00. The van der Waals surface area contributed by atoms with Gasteiger partial charge in [0.25, 0.3) is 0 Å². The van der Waals surface area contributed by atoms with Crippen LogP contribution < -0.4 is 9.92 Å². The zero-order valence-corrected chi connectivity index (χ0v) is 14.4. The number of hydrogen-bond acceptors (Lipinski definition) is 1. The van der Waals surface area contributed by atoms with E-state index >= 15 is 0 Å². The van der Waals surface area contributed by atoms with Crippen molar-refractivity contribution < 1.29 is 4.74 Å². The number of methoxy groups -OCH3 is 1. The third-order valence-electron chi connectivity index (χ3n) is 3.89. The number of ether oxygens (including phenoxy) is 1. The summed E-state index contributed by atoms with van der Waals surface area (Å²) < 4.78 is 5.77. The van der Waals surface area contributed by atoms with Crippen molar-refractivity contribution in [1.82, 2.24) is 0 Å². The molecule has 1 aliphatic carbocycles. The Morgan fingerprint density at radius 2 is 1.90 bits per heavy atom. The Kier molecular flexibility index (Phi) is 4.54. The van der Waals surface area contributed by atoms with Crippen molar-refractivity contribution in [3.8, 4) is 5.75 Å². The summed E-state index contributed by atoms with van der Waals surface area (Å²) in [5.41, 5.74) is 4.26. The van der Waals surface area contributed by atoms with Gasteiger partial charge in [-0.15, -0.1) is 0 Å². The Labute approximate surface area is 124 Å². The molecule has 1 aromatic rings. The molecule has 0 spiro atoms. The maximum atomic E-state index is 5.77. The molecular weight excluding hydrogens is 260 g/mol. The lowest BCUT2D eigenvalue weighted by atomic mass is 10.0. The van der Waals surface area contributed by atoms with E-state index in [1.165, 1.54) is 21.9 Å². The van der Waals surface area contributed by atoms with Gasteiger partial charge in [-0.25, -0.2) is 0 Å². The number of benzene rings is 1. The summed E-state index contributed by atoms with van der Waals surface area (Å²) in [5, 5.41) is 1.45. The van der Waals surface area contributed by atoms with E-state index < -0.39 is 8.07 Å². The van der Waals surface area contributed by atoms with Gasteiger partial charge in [0.2, 0.25) is 0 Å². The summed E-state index contributed by atoms with van der Waals surface area (Å²) in [5.74, 6) is 1.14. The van der Waals surface area contributed by atoms with Gasteiger partial charge < -0.3 is 4.74 Å². The van der Waals surface area contributed by atoms with E-state index in [4.69, 9.17) is 4.74 Å². The SMILES string of the molecule is COc1c(CCC2=CC=CC2)cc(C)cc1[Si](C)(C)C. The van der Waals surface area contributed by atoms with Crippen LogP contribution in [0.15, 0.2) is 35.9 Å². The molecule has 0 heterocycles. The average Bonchev–Trinajstić information content (AvgIpc) is 2.87. The Bertz CT molecular complexity index is 547. The minimum absolute atomic E-state index is 1.08. The second-order valence-electron chi connectivity index (χ2n) is 6.71. The average molecular weight is 286 g/mol. The van der Waals surface area contributed by atoms with Gasteiger partial charge in [0.1, 0.15) is 5.75 Å². The van der Waals surface area contributed by atoms with Crippen LogP contribution in [0.3, 0.4) is 0 Å². The largest absolute Gasteiger partial charge is 0.497 e. The monoisotopic (exact) mass is 286 g/mol. The molecular formula is C18H26OSi. The van der Waals surface area contributed by atoms with Crippen LogP contribution in [-0.2, 0) is 6.42 Å². The van der Waals surface area contributed by atoms with Crippen LogP contribution in [0, 0.1) is 6.92 Å². The van der Waals surface area contributed by atoms with Crippen LogP contribution in [-0.4, -0.2) is 15.2 Å². The molecule has 0 fully saturated rings. The molecule has 0 unspecified atom stereocenters. The van der Waals surface area contributed by atoms with Gasteiger partial charge in [-0.2, -0.15) is 0 Å². The molecule has 0 amide bonds. The van der Waals surface area contributed by atoms with E-state index in [9.17, 15) is 0 Å². The smallest absolute Gasteiger partial charge is 0.121 e. The Morgan fingerprint density at radius 1 is 1.15 bits per heavy atom. The van der Waals surface area contributed by atoms with E-state index in [1.54, 1.807) is 0 Å². The van der Waals surface area contributed by atoms with Gasteiger partial charge >= 0.3 is 0 Å². The van der Waals surface area contributed by atoms with Crippen LogP contribution in [0.1, 0.15) is 24.0 Å². The van der Waals surface area contributed by atoms with Crippen molar-refractivity contribution in [2.75, 3.05) is 7.11 Å². The first-order valence-corrected chi connectivity index (χ1v) is 10.9. The Hall–Kier alpha value is -1.28. The van der Waals surface area contributed by atoms with Crippen LogP contribution in [0.5, 0.6) is 5.75 Å². The molecule has 2 rings (SSSR count). The predicted molar refractivity (Wildman–Crippen MR) is 90.9 cm³/mol. The Balaban J connectivity index is 2.29. The molecule has 1 nitrogen and oxygen atoms in total. The highest BCUT2D eigenvalue weighted by molar-refractivity contribution is 6.89. The predicted octanol–water partition coefficient (Wildman–Crippen LogP) is 4.37. The first kappa shape index (κ1) is 15.1. The molecule has 108 valence electrons. The van der Waals surface area contributed by atoms with Gasteiger partial charge in [-0.1, -0.05) is 61.1 Å². The highest BCUT2D eigenvalue weighted by Gasteiger charge is 2.23. The maximum Gasteiger partial charge on any atom is 0.121 e. The van der Waals surface area contributed by atoms with Crippen LogP contribution in [0.25, 0.3) is 0 Å². The normalized spacial score (nSPS) is 14.6. The van der Waals surface area contributed by atoms with E-state index in [-0.39, 0.29) is 0 Å². The summed E-state index contributed by atoms with van der Waals surface area (Å²) >= 11 is 0. The highest BCUT2D eigenvalue weighted by atomic mass is 28.3. The molecule has 2 heteroatoms. The lowest BCUT2D eigenvalue weighted by molar-refractivity contribution is 0.412. The molecule has 0 saturated heterocycles. The van der Waals surface area contributed by atoms with Crippen molar-refractivity contribution in [1.29, 1.82) is 0 Å². The van der Waals surface area contributed by atoms with Crippen molar-refractivity contribution >= 4 is 13.3 Å². The molecule has 0 aromatic heterocycles. The fraction of sp³-hybridized carbons (Fsp3) is 0.444. The molecule has 0 aliphatic heterocycles. The zero-order valence-electron chi connectivity index (χ0n) is 13.4. The number of rotatable bonds is 5. The minimum atomic E-state index is -1.37. The van der Waals surface area contributed by atoms with Crippen molar-refractivity contribution in [2.45, 2.75) is 45.8 Å².